The Bertz CT molecular complexity index is 1880. The maximum Gasteiger partial charge on any atom is 0.410 e. The fraction of sp³-hybridized carbons (Fsp3) is 0.429. The van der Waals surface area contributed by atoms with E-state index in [1.54, 1.807) is 7.11 Å². The number of carbonyl (C=O) groups excluding carboxylic acids is 3. The fourth-order valence-corrected chi connectivity index (χ4v) is 7.87. The zero-order valence-electron chi connectivity index (χ0n) is 26.6. The van der Waals surface area contributed by atoms with Crippen LogP contribution >= 0.6 is 0 Å². The summed E-state index contributed by atoms with van der Waals surface area (Å²) in [6.45, 7) is 0.269. The third kappa shape index (κ3) is 6.43. The first kappa shape index (κ1) is 31.9. The Kier molecular flexibility index (Phi) is 8.48. The first-order valence-electron chi connectivity index (χ1n) is 16.4. The van der Waals surface area contributed by atoms with Gasteiger partial charge in [-0.2, -0.15) is 0 Å². The van der Waals surface area contributed by atoms with Crippen LogP contribution in [0.5, 0.6) is 11.5 Å². The number of ether oxygens (including phenoxy) is 3. The summed E-state index contributed by atoms with van der Waals surface area (Å²) in [6.07, 6.45) is 6.01. The number of hydrogen-bond donors (Lipinski definition) is 2. The lowest BCUT2D eigenvalue weighted by atomic mass is 10.1. The SMILES string of the molecule is COc1ccc2c(OC3CC4C(=O)NC5(C(=O)NS(=O)(=O)C6CC6)CC5/C=C/CCCCOC(=O)N4C3)cc(-c3ccccc3)nc2c1. The maximum atomic E-state index is 14.0. The van der Waals surface area contributed by atoms with Crippen molar-refractivity contribution in [3.05, 3.63) is 66.7 Å². The Morgan fingerprint density at radius 2 is 1.92 bits per heavy atom. The molecule has 7 rings (SSSR count). The molecule has 2 aliphatic heterocycles. The van der Waals surface area contributed by atoms with Gasteiger partial charge in [0.1, 0.15) is 29.2 Å². The van der Waals surface area contributed by atoms with Crippen molar-refractivity contribution in [2.45, 2.75) is 67.9 Å². The van der Waals surface area contributed by atoms with E-state index in [1.165, 1.54) is 4.90 Å². The first-order valence-corrected chi connectivity index (χ1v) is 17.9. The smallest absolute Gasteiger partial charge is 0.410 e. The van der Waals surface area contributed by atoms with Crippen LogP contribution in [0.25, 0.3) is 22.2 Å². The van der Waals surface area contributed by atoms with E-state index >= 15 is 0 Å². The molecule has 0 bridgehead atoms. The molecule has 2 aromatic carbocycles. The van der Waals surface area contributed by atoms with Gasteiger partial charge >= 0.3 is 6.09 Å². The summed E-state index contributed by atoms with van der Waals surface area (Å²) in [7, 11) is -2.25. The van der Waals surface area contributed by atoms with E-state index in [1.807, 2.05) is 66.7 Å². The largest absolute Gasteiger partial charge is 0.497 e. The lowest BCUT2D eigenvalue weighted by Gasteiger charge is -2.26. The van der Waals surface area contributed by atoms with Gasteiger partial charge in [-0.15, -0.1) is 0 Å². The van der Waals surface area contributed by atoms with Crippen molar-refractivity contribution in [1.82, 2.24) is 19.9 Å². The van der Waals surface area contributed by atoms with Crippen LogP contribution in [-0.4, -0.2) is 79.4 Å². The highest BCUT2D eigenvalue weighted by molar-refractivity contribution is 7.91. The van der Waals surface area contributed by atoms with Crippen LogP contribution in [0.1, 0.15) is 44.9 Å². The summed E-state index contributed by atoms with van der Waals surface area (Å²) in [4.78, 5) is 47.1. The molecular formula is C35H38N4O8S. The number of nitrogens with zero attached hydrogens (tertiary/aromatic N) is 2. The van der Waals surface area contributed by atoms with Crippen molar-refractivity contribution in [2.24, 2.45) is 5.92 Å². The molecule has 2 aliphatic carbocycles. The lowest BCUT2D eigenvalue weighted by Crippen LogP contribution is -2.56. The van der Waals surface area contributed by atoms with Gasteiger partial charge in [-0.1, -0.05) is 42.5 Å². The van der Waals surface area contributed by atoms with Crippen LogP contribution in [0.4, 0.5) is 4.79 Å². The van der Waals surface area contributed by atoms with Gasteiger partial charge in [-0.25, -0.2) is 18.2 Å². The average Bonchev–Trinajstić information content (AvgIpc) is 4.01. The van der Waals surface area contributed by atoms with E-state index in [0.717, 1.165) is 17.4 Å². The molecule has 252 valence electrons. The number of rotatable bonds is 7. The molecule has 12 nitrogen and oxygen atoms in total. The quantitative estimate of drug-likeness (QED) is 0.353. The average molecular weight is 675 g/mol. The predicted molar refractivity (Wildman–Crippen MR) is 177 cm³/mol. The second-order valence-electron chi connectivity index (χ2n) is 12.9. The maximum absolute atomic E-state index is 14.0. The molecule has 4 aliphatic rings. The summed E-state index contributed by atoms with van der Waals surface area (Å²) in [5, 5.41) is 3.00. The third-order valence-electron chi connectivity index (χ3n) is 9.47. The Hall–Kier alpha value is -4.65. The van der Waals surface area contributed by atoms with E-state index in [9.17, 15) is 22.8 Å². The number of pyridine rings is 1. The van der Waals surface area contributed by atoms with Crippen molar-refractivity contribution in [3.63, 3.8) is 0 Å². The van der Waals surface area contributed by atoms with Gasteiger partial charge in [0.25, 0.3) is 5.91 Å². The molecular weight excluding hydrogens is 636 g/mol. The number of hydrogen-bond acceptors (Lipinski definition) is 9. The van der Waals surface area contributed by atoms with Gasteiger partial charge in [-0.3, -0.25) is 19.2 Å². The van der Waals surface area contributed by atoms with Crippen LogP contribution in [0.15, 0.2) is 66.7 Å². The molecule has 3 amide bonds. The van der Waals surface area contributed by atoms with Crippen LogP contribution in [0, 0.1) is 5.92 Å². The summed E-state index contributed by atoms with van der Waals surface area (Å²) in [5.74, 6) is -0.530. The van der Waals surface area contributed by atoms with Crippen LogP contribution in [0.2, 0.25) is 0 Å². The van der Waals surface area contributed by atoms with E-state index in [-0.39, 0.29) is 31.9 Å². The van der Waals surface area contributed by atoms with Crippen molar-refractivity contribution >= 4 is 38.8 Å². The zero-order valence-corrected chi connectivity index (χ0v) is 27.4. The number of aromatic nitrogens is 1. The molecule has 0 spiro atoms. The molecule has 3 fully saturated rings. The van der Waals surface area contributed by atoms with Crippen molar-refractivity contribution in [3.8, 4) is 22.8 Å². The summed E-state index contributed by atoms with van der Waals surface area (Å²) < 4.78 is 45.2. The fourth-order valence-electron chi connectivity index (χ4n) is 6.50. The number of cyclic esters (lactones) is 1. The van der Waals surface area contributed by atoms with Crippen LogP contribution in [0.3, 0.4) is 0 Å². The molecule has 1 saturated heterocycles. The predicted octanol–water partition coefficient (Wildman–Crippen LogP) is 4.09. The highest BCUT2D eigenvalue weighted by Crippen LogP contribution is 2.46. The number of allylic oxidation sites excluding steroid dienone is 1. The van der Waals surface area contributed by atoms with Crippen LogP contribution < -0.4 is 19.5 Å². The second-order valence-corrected chi connectivity index (χ2v) is 14.8. The normalized spacial score (nSPS) is 26.7. The highest BCUT2D eigenvalue weighted by atomic mass is 32.2. The first-order chi connectivity index (χ1) is 23.2. The highest BCUT2D eigenvalue weighted by Gasteiger charge is 2.62. The van der Waals surface area contributed by atoms with Crippen LogP contribution in [-0.2, 0) is 24.3 Å². The minimum Gasteiger partial charge on any atom is -0.497 e. The van der Waals surface area contributed by atoms with Crippen molar-refractivity contribution < 1.29 is 37.0 Å². The Balaban J connectivity index is 1.18. The minimum atomic E-state index is -3.83. The lowest BCUT2D eigenvalue weighted by molar-refractivity contribution is -0.131. The molecule has 13 heteroatoms. The number of benzene rings is 2. The number of methoxy groups -OCH3 is 1. The van der Waals surface area contributed by atoms with E-state index < -0.39 is 50.9 Å². The summed E-state index contributed by atoms with van der Waals surface area (Å²) in [5.41, 5.74) is 0.793. The number of amides is 3. The molecule has 4 atom stereocenters. The van der Waals surface area contributed by atoms with Crippen molar-refractivity contribution in [1.29, 1.82) is 0 Å². The monoisotopic (exact) mass is 674 g/mol. The van der Waals surface area contributed by atoms with Crippen molar-refractivity contribution in [2.75, 3.05) is 20.3 Å². The van der Waals surface area contributed by atoms with Gasteiger partial charge < -0.3 is 19.5 Å². The number of sulfonamides is 1. The molecule has 0 radical (unpaired) electrons. The van der Waals surface area contributed by atoms with E-state index in [2.05, 4.69) is 10.0 Å². The molecule has 1 aromatic heterocycles. The third-order valence-corrected chi connectivity index (χ3v) is 11.3. The Morgan fingerprint density at radius 3 is 2.69 bits per heavy atom. The number of nitrogens with one attached hydrogen (secondary N) is 2. The summed E-state index contributed by atoms with van der Waals surface area (Å²) in [6, 6.07) is 16.0. The molecule has 3 heterocycles. The Morgan fingerprint density at radius 1 is 1.10 bits per heavy atom. The standard InChI is InChI=1S/C35H38N4O8S/c1-45-24-12-15-27-29(17-24)36-28(22-9-5-4-6-10-22)19-31(27)47-25-18-30-32(40)37-35(33(41)38-48(43,44)26-13-14-26)20-23(35)11-7-2-3-8-16-46-34(42)39(30)21-25/h4-7,9-12,15,17,19,23,25-26,30H,2-3,8,13-14,16,18,20-21H2,1H3,(H,37,40)(H,38,41)/b11-7+. The van der Waals surface area contributed by atoms with E-state index in [0.29, 0.717) is 48.4 Å². The van der Waals surface area contributed by atoms with Gasteiger partial charge in [-0.05, 0) is 50.7 Å². The van der Waals surface area contributed by atoms with Gasteiger partial charge in [0.2, 0.25) is 15.9 Å². The molecule has 2 saturated carbocycles. The molecule has 2 N–H and O–H groups in total. The topological polar surface area (TPSA) is 153 Å². The van der Waals surface area contributed by atoms with Gasteiger partial charge in [0, 0.05) is 35.4 Å². The molecule has 48 heavy (non-hydrogen) atoms. The summed E-state index contributed by atoms with van der Waals surface area (Å²) >= 11 is 0. The van der Waals surface area contributed by atoms with E-state index in [4.69, 9.17) is 19.2 Å². The minimum absolute atomic E-state index is 0.0656. The Labute approximate surface area is 278 Å². The second kappa shape index (κ2) is 12.8. The zero-order chi connectivity index (χ0) is 33.5. The van der Waals surface area contributed by atoms with Gasteiger partial charge in [0.15, 0.2) is 0 Å². The molecule has 4 unspecified atom stereocenters. The number of carbonyl (C=O) groups is 3. The molecule has 3 aromatic rings. The number of fused-ring (bicyclic) bond motifs is 3. The van der Waals surface area contributed by atoms with Gasteiger partial charge in [0.05, 0.1) is 36.7 Å².